The normalized spacial score (nSPS) is 17.9. The first-order valence-electron chi connectivity index (χ1n) is 8.37. The number of hydrogen-bond donors (Lipinski definition) is 1. The third kappa shape index (κ3) is 4.47. The number of halogens is 1. The van der Waals surface area contributed by atoms with Crippen LogP contribution in [0.2, 0.25) is 5.15 Å². The molecule has 2 atom stereocenters. The van der Waals surface area contributed by atoms with Crippen molar-refractivity contribution in [2.45, 2.75) is 44.9 Å². The van der Waals surface area contributed by atoms with Gasteiger partial charge in [0.25, 0.3) is 0 Å². The second-order valence-corrected chi connectivity index (χ2v) is 7.42. The molecule has 0 spiro atoms. The molecular formula is C18H21ClN4O3. The summed E-state index contributed by atoms with van der Waals surface area (Å²) in [5, 5.41) is 3.51. The van der Waals surface area contributed by atoms with Gasteiger partial charge in [0.1, 0.15) is 22.8 Å². The van der Waals surface area contributed by atoms with Crippen LogP contribution < -0.4 is 10.1 Å². The molecule has 7 nitrogen and oxygen atoms in total. The number of rotatable bonds is 5. The van der Waals surface area contributed by atoms with E-state index in [1.807, 2.05) is 20.8 Å². The molecule has 8 heteroatoms. The topological polar surface area (TPSA) is 86.2 Å². The van der Waals surface area contributed by atoms with Crippen LogP contribution in [0.15, 0.2) is 31.0 Å². The van der Waals surface area contributed by atoms with Crippen molar-refractivity contribution >= 4 is 17.6 Å². The fourth-order valence-corrected chi connectivity index (χ4v) is 2.72. The number of ether oxygens (including phenoxy) is 2. The van der Waals surface area contributed by atoms with Crippen LogP contribution >= 0.6 is 11.6 Å². The van der Waals surface area contributed by atoms with Gasteiger partial charge in [-0.05, 0) is 39.8 Å². The van der Waals surface area contributed by atoms with E-state index in [-0.39, 0.29) is 6.04 Å². The molecule has 1 aliphatic rings. The summed E-state index contributed by atoms with van der Waals surface area (Å²) in [5.74, 6) is 0.0204. The first-order chi connectivity index (χ1) is 12.3. The van der Waals surface area contributed by atoms with E-state index in [1.165, 1.54) is 12.5 Å². The van der Waals surface area contributed by atoms with Gasteiger partial charge >= 0.3 is 5.97 Å². The second-order valence-electron chi connectivity index (χ2n) is 7.06. The highest BCUT2D eigenvalue weighted by Crippen LogP contribution is 2.30. The molecule has 0 amide bonds. The molecule has 0 aromatic carbocycles. The Morgan fingerprint density at radius 3 is 2.58 bits per heavy atom. The molecular weight excluding hydrogens is 356 g/mol. The predicted molar refractivity (Wildman–Crippen MR) is 96.9 cm³/mol. The zero-order chi connectivity index (χ0) is 18.7. The van der Waals surface area contributed by atoms with Gasteiger partial charge in [-0.3, -0.25) is 0 Å². The molecule has 2 aromatic heterocycles. The summed E-state index contributed by atoms with van der Waals surface area (Å²) in [6.45, 7) is 6.33. The van der Waals surface area contributed by atoms with E-state index < -0.39 is 17.7 Å². The fourth-order valence-electron chi connectivity index (χ4n) is 2.50. The van der Waals surface area contributed by atoms with Gasteiger partial charge in [-0.15, -0.1) is 0 Å². The first-order valence-corrected chi connectivity index (χ1v) is 8.75. The van der Waals surface area contributed by atoms with Gasteiger partial charge in [0, 0.05) is 23.5 Å². The highest BCUT2D eigenvalue weighted by molar-refractivity contribution is 6.32. The van der Waals surface area contributed by atoms with Crippen LogP contribution in [0.4, 0.5) is 0 Å². The van der Waals surface area contributed by atoms with E-state index in [2.05, 4.69) is 20.3 Å². The van der Waals surface area contributed by atoms with Crippen LogP contribution in [0, 0.1) is 0 Å². The number of pyridine rings is 1. The summed E-state index contributed by atoms with van der Waals surface area (Å²) in [6, 6.07) is 1.63. The molecule has 0 radical (unpaired) electrons. The highest BCUT2D eigenvalue weighted by atomic mass is 35.5. The lowest BCUT2D eigenvalue weighted by molar-refractivity contribution is -0.165. The van der Waals surface area contributed by atoms with Crippen LogP contribution in [0.25, 0.3) is 11.1 Å². The Morgan fingerprint density at radius 2 is 2.00 bits per heavy atom. The van der Waals surface area contributed by atoms with Crippen molar-refractivity contribution in [3.8, 4) is 16.9 Å². The number of esters is 1. The van der Waals surface area contributed by atoms with E-state index in [0.29, 0.717) is 22.0 Å². The minimum absolute atomic E-state index is 0.0935. The summed E-state index contributed by atoms with van der Waals surface area (Å²) in [7, 11) is 0. The van der Waals surface area contributed by atoms with Crippen LogP contribution in [-0.4, -0.2) is 45.2 Å². The van der Waals surface area contributed by atoms with E-state index in [9.17, 15) is 4.79 Å². The molecule has 1 saturated heterocycles. The zero-order valence-electron chi connectivity index (χ0n) is 14.9. The van der Waals surface area contributed by atoms with Gasteiger partial charge in [0.05, 0.1) is 12.2 Å². The van der Waals surface area contributed by atoms with Crippen LogP contribution in [-0.2, 0) is 9.53 Å². The second kappa shape index (κ2) is 7.55. The third-order valence-corrected chi connectivity index (χ3v) is 4.12. The van der Waals surface area contributed by atoms with Crippen molar-refractivity contribution < 1.29 is 14.3 Å². The van der Waals surface area contributed by atoms with E-state index in [1.54, 1.807) is 18.5 Å². The third-order valence-electron chi connectivity index (χ3n) is 3.82. The molecule has 0 aliphatic carbocycles. The van der Waals surface area contributed by atoms with Gasteiger partial charge in [-0.1, -0.05) is 11.6 Å². The summed E-state index contributed by atoms with van der Waals surface area (Å²) >= 11 is 6.19. The minimum atomic E-state index is -0.758. The Kier molecular flexibility index (Phi) is 5.38. The number of nitrogens with one attached hydrogen (secondary N) is 1. The summed E-state index contributed by atoms with van der Waals surface area (Å²) in [4.78, 5) is 24.7. The quantitative estimate of drug-likeness (QED) is 0.634. The lowest BCUT2D eigenvalue weighted by Gasteiger charge is -2.35. The monoisotopic (exact) mass is 376 g/mol. The van der Waals surface area contributed by atoms with E-state index in [0.717, 1.165) is 13.0 Å². The SMILES string of the molecule is CC(C)(C)OC(=O)C(Oc1cnc(Cl)c(-c2cncnc2)c1)[C@@H]1CCN1. The molecule has 26 heavy (non-hydrogen) atoms. The summed E-state index contributed by atoms with van der Waals surface area (Å²) < 4.78 is 11.4. The number of hydrogen-bond acceptors (Lipinski definition) is 7. The molecule has 0 saturated carbocycles. The number of carbonyl (C=O) groups excluding carboxylic acids is 1. The highest BCUT2D eigenvalue weighted by Gasteiger charge is 2.37. The van der Waals surface area contributed by atoms with E-state index >= 15 is 0 Å². The largest absolute Gasteiger partial charge is 0.475 e. The average Bonchev–Trinajstić information content (AvgIpc) is 2.53. The van der Waals surface area contributed by atoms with Crippen molar-refractivity contribution in [2.75, 3.05) is 6.54 Å². The molecule has 1 aliphatic heterocycles. The molecule has 3 heterocycles. The van der Waals surface area contributed by atoms with Crippen LogP contribution in [0.1, 0.15) is 27.2 Å². The van der Waals surface area contributed by atoms with Gasteiger partial charge in [-0.25, -0.2) is 19.7 Å². The Morgan fingerprint density at radius 1 is 1.31 bits per heavy atom. The lowest BCUT2D eigenvalue weighted by atomic mass is 10.0. The summed E-state index contributed by atoms with van der Waals surface area (Å²) in [5.41, 5.74) is 0.757. The maximum atomic E-state index is 12.6. The van der Waals surface area contributed by atoms with Gasteiger partial charge < -0.3 is 14.8 Å². The molecule has 3 rings (SSSR count). The van der Waals surface area contributed by atoms with Crippen LogP contribution in [0.3, 0.4) is 0 Å². The molecule has 1 unspecified atom stereocenters. The van der Waals surface area contributed by atoms with Crippen molar-refractivity contribution in [3.63, 3.8) is 0 Å². The maximum Gasteiger partial charge on any atom is 0.349 e. The fraction of sp³-hybridized carbons (Fsp3) is 0.444. The predicted octanol–water partition coefficient (Wildman–Crippen LogP) is 2.64. The maximum absolute atomic E-state index is 12.6. The molecule has 2 aromatic rings. The molecule has 1 fully saturated rings. The van der Waals surface area contributed by atoms with Crippen molar-refractivity contribution in [2.24, 2.45) is 0 Å². The first kappa shape index (κ1) is 18.5. The zero-order valence-corrected chi connectivity index (χ0v) is 15.7. The van der Waals surface area contributed by atoms with Crippen molar-refractivity contribution in [1.82, 2.24) is 20.3 Å². The smallest absolute Gasteiger partial charge is 0.349 e. The molecule has 138 valence electrons. The van der Waals surface area contributed by atoms with Crippen LogP contribution in [0.5, 0.6) is 5.75 Å². The molecule has 0 bridgehead atoms. The van der Waals surface area contributed by atoms with Gasteiger partial charge in [0.15, 0.2) is 0 Å². The van der Waals surface area contributed by atoms with E-state index in [4.69, 9.17) is 21.1 Å². The van der Waals surface area contributed by atoms with Gasteiger partial charge in [-0.2, -0.15) is 0 Å². The Balaban J connectivity index is 1.84. The Bertz CT molecular complexity index is 776. The Labute approximate surface area is 157 Å². The number of nitrogens with zero attached hydrogens (tertiary/aromatic N) is 3. The van der Waals surface area contributed by atoms with Crippen molar-refractivity contribution in [3.05, 3.63) is 36.1 Å². The van der Waals surface area contributed by atoms with Crippen molar-refractivity contribution in [1.29, 1.82) is 0 Å². The standard InChI is InChI=1S/C18H21ClN4O3/c1-18(2,3)26-17(24)15(14-4-5-22-14)25-12-6-13(16(19)23-9-12)11-7-20-10-21-8-11/h6-10,14-15,22H,4-5H2,1-3H3/t14-,15?/m0/s1. The number of carbonyl (C=O) groups is 1. The number of aromatic nitrogens is 3. The summed E-state index contributed by atoms with van der Waals surface area (Å²) in [6.07, 6.45) is 6.28. The lowest BCUT2D eigenvalue weighted by Crippen LogP contribution is -2.57. The Hall–Kier alpha value is -2.25. The molecule has 1 N–H and O–H groups in total. The average molecular weight is 377 g/mol. The minimum Gasteiger partial charge on any atom is -0.475 e. The van der Waals surface area contributed by atoms with Gasteiger partial charge in [0.2, 0.25) is 6.10 Å².